The van der Waals surface area contributed by atoms with Gasteiger partial charge in [0.15, 0.2) is 0 Å². The number of benzene rings is 1. The van der Waals surface area contributed by atoms with Crippen molar-refractivity contribution in [3.05, 3.63) is 33.9 Å². The summed E-state index contributed by atoms with van der Waals surface area (Å²) in [6.07, 6.45) is 0.786. The number of aromatic carboxylic acids is 1. The minimum atomic E-state index is -1.10. The number of carbonyl (C=O) groups is 1. The van der Waals surface area contributed by atoms with Crippen molar-refractivity contribution in [3.8, 4) is 0 Å². The Balaban J connectivity index is 3.15. The van der Waals surface area contributed by atoms with Gasteiger partial charge in [-0.2, -0.15) is 0 Å². The van der Waals surface area contributed by atoms with E-state index in [0.717, 1.165) is 6.42 Å². The van der Waals surface area contributed by atoms with Crippen LogP contribution in [0.5, 0.6) is 0 Å². The maximum absolute atomic E-state index is 10.8. The molecule has 6 nitrogen and oxygen atoms in total. The normalized spacial score (nSPS) is 11.9. The third-order valence-electron chi connectivity index (χ3n) is 2.45. The van der Waals surface area contributed by atoms with E-state index >= 15 is 0 Å². The predicted octanol–water partition coefficient (Wildman–Crippen LogP) is 2.50. The van der Waals surface area contributed by atoms with E-state index < -0.39 is 10.9 Å². The van der Waals surface area contributed by atoms with Gasteiger partial charge >= 0.3 is 5.97 Å². The molecule has 1 atom stereocenters. The fourth-order valence-corrected chi connectivity index (χ4v) is 1.31. The first kappa shape index (κ1) is 13.0. The highest BCUT2D eigenvalue weighted by molar-refractivity contribution is 5.90. The lowest BCUT2D eigenvalue weighted by atomic mass is 10.1. The van der Waals surface area contributed by atoms with E-state index in [4.69, 9.17) is 5.11 Å². The minimum absolute atomic E-state index is 0.0291. The summed E-state index contributed by atoms with van der Waals surface area (Å²) in [6.45, 7) is 3.81. The van der Waals surface area contributed by atoms with Gasteiger partial charge in [0.25, 0.3) is 5.69 Å². The standard InChI is InChI=1S/C11H14N2O4/c1-3-7(2)12-9-6-8(11(14)15)4-5-10(9)13(16)17/h4-7,12H,3H2,1-2H3,(H,14,15). The summed E-state index contributed by atoms with van der Waals surface area (Å²) in [6, 6.07) is 3.75. The molecule has 0 bridgehead atoms. The third kappa shape index (κ3) is 3.17. The van der Waals surface area contributed by atoms with Gasteiger partial charge in [0.05, 0.1) is 10.5 Å². The zero-order chi connectivity index (χ0) is 13.0. The number of anilines is 1. The average Bonchev–Trinajstić information content (AvgIpc) is 2.28. The van der Waals surface area contributed by atoms with Crippen LogP contribution in [0.3, 0.4) is 0 Å². The molecule has 6 heteroatoms. The van der Waals surface area contributed by atoms with E-state index in [9.17, 15) is 14.9 Å². The molecular formula is C11H14N2O4. The van der Waals surface area contributed by atoms with Crippen molar-refractivity contribution in [1.82, 2.24) is 0 Å². The van der Waals surface area contributed by atoms with Crippen LogP contribution in [0.15, 0.2) is 18.2 Å². The molecule has 0 spiro atoms. The molecule has 1 rings (SSSR count). The number of nitrogens with one attached hydrogen (secondary N) is 1. The number of carboxylic acid groups (broad SMARTS) is 1. The highest BCUT2D eigenvalue weighted by Gasteiger charge is 2.17. The van der Waals surface area contributed by atoms with Crippen molar-refractivity contribution in [2.45, 2.75) is 26.3 Å². The second-order valence-electron chi connectivity index (χ2n) is 3.75. The molecular weight excluding hydrogens is 224 g/mol. The zero-order valence-electron chi connectivity index (χ0n) is 9.64. The van der Waals surface area contributed by atoms with Gasteiger partial charge in [-0.3, -0.25) is 10.1 Å². The van der Waals surface area contributed by atoms with Crippen molar-refractivity contribution in [2.75, 3.05) is 5.32 Å². The number of hydrogen-bond donors (Lipinski definition) is 2. The minimum Gasteiger partial charge on any atom is -0.478 e. The van der Waals surface area contributed by atoms with Crippen molar-refractivity contribution < 1.29 is 14.8 Å². The number of nitrogens with zero attached hydrogens (tertiary/aromatic N) is 1. The molecule has 2 N–H and O–H groups in total. The monoisotopic (exact) mass is 238 g/mol. The Kier molecular flexibility index (Phi) is 4.03. The SMILES string of the molecule is CCC(C)Nc1cc(C(=O)O)ccc1[N+](=O)[O-]. The van der Waals surface area contributed by atoms with E-state index in [1.54, 1.807) is 0 Å². The topological polar surface area (TPSA) is 92.5 Å². The van der Waals surface area contributed by atoms with Gasteiger partial charge in [-0.1, -0.05) is 6.92 Å². The fourth-order valence-electron chi connectivity index (χ4n) is 1.31. The number of nitro benzene ring substituents is 1. The molecule has 0 heterocycles. The van der Waals surface area contributed by atoms with Gasteiger partial charge in [-0.15, -0.1) is 0 Å². The number of carboxylic acids is 1. The van der Waals surface area contributed by atoms with Crippen LogP contribution in [0.1, 0.15) is 30.6 Å². The second kappa shape index (κ2) is 5.29. The van der Waals surface area contributed by atoms with Crippen molar-refractivity contribution in [2.24, 2.45) is 0 Å². The molecule has 0 aliphatic carbocycles. The van der Waals surface area contributed by atoms with Crippen LogP contribution < -0.4 is 5.32 Å². The Hall–Kier alpha value is -2.11. The van der Waals surface area contributed by atoms with E-state index in [0.29, 0.717) is 0 Å². The molecule has 0 aliphatic rings. The van der Waals surface area contributed by atoms with Gasteiger partial charge in [-0.25, -0.2) is 4.79 Å². The number of rotatable bonds is 5. The van der Waals surface area contributed by atoms with Crippen LogP contribution in [0.25, 0.3) is 0 Å². The summed E-state index contributed by atoms with van der Waals surface area (Å²) < 4.78 is 0. The molecule has 0 saturated carbocycles. The molecule has 1 aromatic rings. The van der Waals surface area contributed by atoms with E-state index in [1.165, 1.54) is 18.2 Å². The number of nitro groups is 1. The van der Waals surface area contributed by atoms with Crippen LogP contribution in [0.2, 0.25) is 0 Å². The highest BCUT2D eigenvalue weighted by Crippen LogP contribution is 2.26. The van der Waals surface area contributed by atoms with Crippen molar-refractivity contribution >= 4 is 17.3 Å². The number of hydrogen-bond acceptors (Lipinski definition) is 4. The highest BCUT2D eigenvalue weighted by atomic mass is 16.6. The summed E-state index contributed by atoms with van der Waals surface area (Å²) in [4.78, 5) is 21.1. The van der Waals surface area contributed by atoms with E-state index in [1.807, 2.05) is 13.8 Å². The maximum atomic E-state index is 10.8. The molecule has 1 aromatic carbocycles. The summed E-state index contributed by atoms with van der Waals surface area (Å²) in [5, 5.41) is 22.6. The zero-order valence-corrected chi connectivity index (χ0v) is 9.64. The largest absolute Gasteiger partial charge is 0.478 e. The lowest BCUT2D eigenvalue weighted by molar-refractivity contribution is -0.384. The van der Waals surface area contributed by atoms with Crippen LogP contribution in [0, 0.1) is 10.1 Å². The first-order valence-corrected chi connectivity index (χ1v) is 5.24. The summed E-state index contributed by atoms with van der Waals surface area (Å²) in [5.41, 5.74) is 0.154. The Bertz CT molecular complexity index is 445. The average molecular weight is 238 g/mol. The third-order valence-corrected chi connectivity index (χ3v) is 2.45. The molecule has 0 fully saturated rings. The summed E-state index contributed by atoms with van der Waals surface area (Å²) in [7, 11) is 0. The second-order valence-corrected chi connectivity index (χ2v) is 3.75. The Morgan fingerprint density at radius 1 is 1.59 bits per heavy atom. The van der Waals surface area contributed by atoms with Crippen LogP contribution >= 0.6 is 0 Å². The molecule has 0 amide bonds. The van der Waals surface area contributed by atoms with Gasteiger partial charge in [0.2, 0.25) is 0 Å². The van der Waals surface area contributed by atoms with Crippen molar-refractivity contribution in [1.29, 1.82) is 0 Å². The molecule has 0 aliphatic heterocycles. The molecule has 92 valence electrons. The van der Waals surface area contributed by atoms with E-state index in [-0.39, 0.29) is 23.0 Å². The molecule has 17 heavy (non-hydrogen) atoms. The summed E-state index contributed by atoms with van der Waals surface area (Å²) in [5.74, 6) is -1.10. The predicted molar refractivity (Wildman–Crippen MR) is 63.4 cm³/mol. The molecule has 0 saturated heterocycles. The Morgan fingerprint density at radius 3 is 2.71 bits per heavy atom. The maximum Gasteiger partial charge on any atom is 0.335 e. The Labute approximate surface area is 98.4 Å². The summed E-state index contributed by atoms with van der Waals surface area (Å²) >= 11 is 0. The molecule has 0 radical (unpaired) electrons. The van der Waals surface area contributed by atoms with E-state index in [2.05, 4.69) is 5.32 Å². The molecule has 0 aromatic heterocycles. The van der Waals surface area contributed by atoms with Gasteiger partial charge in [0, 0.05) is 12.1 Å². The molecule has 1 unspecified atom stereocenters. The lowest BCUT2D eigenvalue weighted by Crippen LogP contribution is -2.15. The van der Waals surface area contributed by atoms with Crippen molar-refractivity contribution in [3.63, 3.8) is 0 Å². The van der Waals surface area contributed by atoms with Gasteiger partial charge < -0.3 is 10.4 Å². The van der Waals surface area contributed by atoms with Crippen LogP contribution in [-0.2, 0) is 0 Å². The first-order valence-electron chi connectivity index (χ1n) is 5.24. The van der Waals surface area contributed by atoms with Crippen LogP contribution in [0.4, 0.5) is 11.4 Å². The van der Waals surface area contributed by atoms with Gasteiger partial charge in [0.1, 0.15) is 5.69 Å². The first-order chi connectivity index (χ1) is 7.95. The van der Waals surface area contributed by atoms with Crippen LogP contribution in [-0.4, -0.2) is 22.0 Å². The Morgan fingerprint density at radius 2 is 2.24 bits per heavy atom. The fraction of sp³-hybridized carbons (Fsp3) is 0.364. The lowest BCUT2D eigenvalue weighted by Gasteiger charge is -2.13. The smallest absolute Gasteiger partial charge is 0.335 e. The van der Waals surface area contributed by atoms with Gasteiger partial charge in [-0.05, 0) is 25.5 Å². The quantitative estimate of drug-likeness (QED) is 0.607.